The number of amides is 1. The number of ether oxygens (including phenoxy) is 2. The van der Waals surface area contributed by atoms with Crippen molar-refractivity contribution in [3.63, 3.8) is 0 Å². The zero-order valence-electron chi connectivity index (χ0n) is 15.6. The van der Waals surface area contributed by atoms with Gasteiger partial charge in [0.1, 0.15) is 5.25 Å². The third kappa shape index (κ3) is 3.93. The van der Waals surface area contributed by atoms with Crippen LogP contribution in [0.5, 0.6) is 11.5 Å². The highest BCUT2D eigenvalue weighted by molar-refractivity contribution is 7.91. The lowest BCUT2D eigenvalue weighted by Crippen LogP contribution is -2.32. The summed E-state index contributed by atoms with van der Waals surface area (Å²) in [5.41, 5.74) is 1.93. The van der Waals surface area contributed by atoms with Gasteiger partial charge in [0.15, 0.2) is 21.3 Å². The minimum absolute atomic E-state index is 0.0675. The summed E-state index contributed by atoms with van der Waals surface area (Å²) in [4.78, 5) is 14.2. The van der Waals surface area contributed by atoms with E-state index < -0.39 is 15.1 Å². The Hall–Kier alpha value is -2.54. The van der Waals surface area contributed by atoms with E-state index in [0.29, 0.717) is 35.8 Å². The van der Waals surface area contributed by atoms with E-state index in [1.165, 1.54) is 13.4 Å². The van der Waals surface area contributed by atoms with Gasteiger partial charge >= 0.3 is 0 Å². The van der Waals surface area contributed by atoms with Crippen molar-refractivity contribution >= 4 is 15.7 Å². The molecule has 1 aliphatic rings. The number of sulfone groups is 1. The lowest BCUT2D eigenvalue weighted by molar-refractivity contribution is 0.0778. The standard InChI is InChI=1S/C20H22NO5S/c1-4-26-18-11-14(9-10-17(18)25-2)19(27(3,23)24)13-21-12-15-7-5-6-8-16(15)20(21)22/h5-7,9-11,19H,4,12-13H2,1-3H3. The first-order chi connectivity index (χ1) is 12.8. The van der Waals surface area contributed by atoms with Crippen LogP contribution >= 0.6 is 0 Å². The molecule has 143 valence electrons. The molecule has 0 bridgehead atoms. The topological polar surface area (TPSA) is 72.9 Å². The molecular weight excluding hydrogens is 366 g/mol. The molecule has 2 aromatic rings. The van der Waals surface area contributed by atoms with Gasteiger partial charge in [-0.2, -0.15) is 0 Å². The van der Waals surface area contributed by atoms with Crippen molar-refractivity contribution in [1.82, 2.24) is 4.90 Å². The van der Waals surface area contributed by atoms with Crippen LogP contribution in [-0.2, 0) is 16.4 Å². The van der Waals surface area contributed by atoms with Crippen LogP contribution < -0.4 is 9.47 Å². The number of nitrogens with zero attached hydrogens (tertiary/aromatic N) is 1. The number of rotatable bonds is 7. The van der Waals surface area contributed by atoms with Crippen molar-refractivity contribution in [2.45, 2.75) is 18.7 Å². The summed E-state index contributed by atoms with van der Waals surface area (Å²) in [7, 11) is -1.94. The molecular formula is C20H22NO5S. The van der Waals surface area contributed by atoms with Crippen LogP contribution in [-0.4, -0.2) is 45.7 Å². The van der Waals surface area contributed by atoms with Crippen LogP contribution in [0, 0.1) is 6.07 Å². The summed E-state index contributed by atoms with van der Waals surface area (Å²) in [6.45, 7) is 2.72. The summed E-state index contributed by atoms with van der Waals surface area (Å²) >= 11 is 0. The van der Waals surface area contributed by atoms with Gasteiger partial charge in [-0.3, -0.25) is 4.79 Å². The Morgan fingerprint density at radius 3 is 2.67 bits per heavy atom. The lowest BCUT2D eigenvalue weighted by Gasteiger charge is -2.23. The molecule has 7 heteroatoms. The summed E-state index contributed by atoms with van der Waals surface area (Å²) in [6, 6.07) is 13.4. The predicted molar refractivity (Wildman–Crippen MR) is 102 cm³/mol. The number of hydrogen-bond donors (Lipinski definition) is 0. The first-order valence-electron chi connectivity index (χ1n) is 8.63. The second kappa shape index (κ2) is 7.60. The van der Waals surface area contributed by atoms with E-state index in [-0.39, 0.29) is 12.5 Å². The van der Waals surface area contributed by atoms with Gasteiger partial charge in [0.25, 0.3) is 5.91 Å². The molecule has 1 atom stereocenters. The number of methoxy groups -OCH3 is 1. The molecule has 1 heterocycles. The fraction of sp³-hybridized carbons (Fsp3) is 0.350. The molecule has 1 aliphatic heterocycles. The molecule has 1 radical (unpaired) electrons. The Morgan fingerprint density at radius 1 is 1.26 bits per heavy atom. The second-order valence-corrected chi connectivity index (χ2v) is 8.65. The van der Waals surface area contributed by atoms with Gasteiger partial charge < -0.3 is 14.4 Å². The van der Waals surface area contributed by atoms with Gasteiger partial charge in [0, 0.05) is 19.3 Å². The molecule has 1 amide bonds. The third-order valence-corrected chi connectivity index (χ3v) is 6.02. The fourth-order valence-corrected chi connectivity index (χ4v) is 4.33. The highest BCUT2D eigenvalue weighted by Gasteiger charge is 2.33. The maximum atomic E-state index is 12.6. The van der Waals surface area contributed by atoms with Crippen LogP contribution in [0.4, 0.5) is 0 Å². The normalized spacial score (nSPS) is 14.8. The minimum atomic E-state index is -3.47. The number of carbonyl (C=O) groups is 1. The summed E-state index contributed by atoms with van der Waals surface area (Å²) in [6.07, 6.45) is 1.18. The molecule has 1 unspecified atom stereocenters. The zero-order valence-corrected chi connectivity index (χ0v) is 16.4. The van der Waals surface area contributed by atoms with Crippen LogP contribution in [0.2, 0.25) is 0 Å². The summed E-state index contributed by atoms with van der Waals surface area (Å²) < 4.78 is 35.8. The molecule has 2 aromatic carbocycles. The van der Waals surface area contributed by atoms with E-state index >= 15 is 0 Å². The molecule has 3 rings (SSSR count). The Morgan fingerprint density at radius 2 is 2.04 bits per heavy atom. The fourth-order valence-electron chi connectivity index (χ4n) is 3.24. The van der Waals surface area contributed by atoms with Gasteiger partial charge in [0.05, 0.1) is 19.3 Å². The average molecular weight is 388 g/mol. The largest absolute Gasteiger partial charge is 0.493 e. The van der Waals surface area contributed by atoms with Crippen molar-refractivity contribution in [2.75, 3.05) is 26.5 Å². The lowest BCUT2D eigenvalue weighted by atomic mass is 10.1. The highest BCUT2D eigenvalue weighted by Crippen LogP contribution is 2.34. The van der Waals surface area contributed by atoms with E-state index in [2.05, 4.69) is 6.07 Å². The maximum absolute atomic E-state index is 12.6. The molecule has 0 N–H and O–H groups in total. The van der Waals surface area contributed by atoms with E-state index in [4.69, 9.17) is 9.47 Å². The van der Waals surface area contributed by atoms with E-state index in [1.807, 2.05) is 19.1 Å². The molecule has 0 saturated heterocycles. The van der Waals surface area contributed by atoms with E-state index in [9.17, 15) is 13.2 Å². The first kappa shape index (κ1) is 19.2. The Labute approximate surface area is 159 Å². The third-order valence-electron chi connectivity index (χ3n) is 4.57. The van der Waals surface area contributed by atoms with Gasteiger partial charge in [0.2, 0.25) is 0 Å². The van der Waals surface area contributed by atoms with Gasteiger partial charge in [-0.25, -0.2) is 8.42 Å². The zero-order chi connectivity index (χ0) is 19.6. The monoisotopic (exact) mass is 388 g/mol. The van der Waals surface area contributed by atoms with Crippen LogP contribution in [0.3, 0.4) is 0 Å². The quantitative estimate of drug-likeness (QED) is 0.729. The molecule has 0 aromatic heterocycles. The van der Waals surface area contributed by atoms with Crippen LogP contribution in [0.25, 0.3) is 0 Å². The second-order valence-electron chi connectivity index (χ2n) is 6.42. The van der Waals surface area contributed by atoms with Crippen molar-refractivity contribution in [1.29, 1.82) is 0 Å². The van der Waals surface area contributed by atoms with E-state index in [1.54, 1.807) is 29.2 Å². The van der Waals surface area contributed by atoms with Gasteiger partial charge in [-0.15, -0.1) is 0 Å². The molecule has 0 spiro atoms. The number of carbonyl (C=O) groups excluding carboxylic acids is 1. The minimum Gasteiger partial charge on any atom is -0.493 e. The number of hydrogen-bond acceptors (Lipinski definition) is 5. The van der Waals surface area contributed by atoms with Crippen LogP contribution in [0.1, 0.15) is 33.7 Å². The molecule has 6 nitrogen and oxygen atoms in total. The maximum Gasteiger partial charge on any atom is 0.255 e. The Kier molecular flexibility index (Phi) is 5.41. The molecule has 0 fully saturated rings. The molecule has 27 heavy (non-hydrogen) atoms. The Balaban J connectivity index is 1.93. The predicted octanol–water partition coefficient (Wildman–Crippen LogP) is 2.64. The van der Waals surface area contributed by atoms with Crippen LogP contribution in [0.15, 0.2) is 36.4 Å². The average Bonchev–Trinajstić information content (AvgIpc) is 2.95. The summed E-state index contributed by atoms with van der Waals surface area (Å²) in [5.74, 6) is 0.820. The summed E-state index contributed by atoms with van der Waals surface area (Å²) in [5, 5.41) is -0.860. The Bertz CT molecular complexity index is 955. The number of fused-ring (bicyclic) bond motifs is 1. The SMILES string of the molecule is CCOc1cc(C(CN2Cc3ccc[c]c3C2=O)S(C)(=O)=O)ccc1OC. The van der Waals surface area contributed by atoms with Crippen molar-refractivity contribution in [3.05, 3.63) is 59.2 Å². The van der Waals surface area contributed by atoms with Gasteiger partial charge in [-0.1, -0.05) is 24.3 Å². The number of benzene rings is 2. The molecule has 0 saturated carbocycles. The highest BCUT2D eigenvalue weighted by atomic mass is 32.2. The molecule has 0 aliphatic carbocycles. The van der Waals surface area contributed by atoms with Crippen molar-refractivity contribution in [2.24, 2.45) is 0 Å². The smallest absolute Gasteiger partial charge is 0.255 e. The van der Waals surface area contributed by atoms with Gasteiger partial charge in [-0.05, 0) is 36.2 Å². The van der Waals surface area contributed by atoms with Crippen molar-refractivity contribution < 1.29 is 22.7 Å². The van der Waals surface area contributed by atoms with Crippen molar-refractivity contribution in [3.8, 4) is 11.5 Å². The first-order valence-corrected chi connectivity index (χ1v) is 10.6. The van der Waals surface area contributed by atoms with E-state index in [0.717, 1.165) is 5.56 Å².